The molecule has 0 aliphatic carbocycles. The van der Waals surface area contributed by atoms with Crippen LogP contribution in [0.3, 0.4) is 0 Å². The second-order valence-electron chi connectivity index (χ2n) is 4.82. The van der Waals surface area contributed by atoms with Crippen molar-refractivity contribution in [3.05, 3.63) is 29.8 Å². The highest BCUT2D eigenvalue weighted by Gasteiger charge is 2.41. The molecule has 0 spiro atoms. The molecule has 4 nitrogen and oxygen atoms in total. The predicted octanol–water partition coefficient (Wildman–Crippen LogP) is 1.58. The lowest BCUT2D eigenvalue weighted by atomic mass is 10.00. The van der Waals surface area contributed by atoms with E-state index in [1.54, 1.807) is 38.1 Å². The summed E-state index contributed by atoms with van der Waals surface area (Å²) in [6, 6.07) is 6.81. The molecule has 1 fully saturated rings. The molecule has 2 unspecified atom stereocenters. The first-order valence-electron chi connectivity index (χ1n) is 6.14. The standard InChI is InChI=1S/C14H17NO3/c1-9-10(2)14(18)15(13(9)17)8-7-11-3-5-12(16)6-4-11/h3-6,9-10,16H,7-8H2,1-2H3. The number of carbonyl (C=O) groups excluding carboxylic acids is 2. The van der Waals surface area contributed by atoms with Crippen LogP contribution in [0.15, 0.2) is 24.3 Å². The third kappa shape index (κ3) is 2.23. The molecule has 1 aromatic carbocycles. The summed E-state index contributed by atoms with van der Waals surface area (Å²) in [5, 5.41) is 9.17. The number of amides is 2. The molecule has 2 rings (SSSR count). The van der Waals surface area contributed by atoms with E-state index >= 15 is 0 Å². The molecule has 0 saturated carbocycles. The lowest BCUT2D eigenvalue weighted by Crippen LogP contribution is -2.32. The van der Waals surface area contributed by atoms with Crippen molar-refractivity contribution in [2.75, 3.05) is 6.54 Å². The van der Waals surface area contributed by atoms with Gasteiger partial charge in [0.1, 0.15) is 5.75 Å². The van der Waals surface area contributed by atoms with Crippen LogP contribution in [0.5, 0.6) is 5.75 Å². The summed E-state index contributed by atoms with van der Waals surface area (Å²) >= 11 is 0. The van der Waals surface area contributed by atoms with Crippen LogP contribution < -0.4 is 0 Å². The number of imide groups is 1. The highest BCUT2D eigenvalue weighted by molar-refractivity contribution is 6.04. The van der Waals surface area contributed by atoms with Gasteiger partial charge in [0.05, 0.1) is 0 Å². The summed E-state index contributed by atoms with van der Waals surface area (Å²) in [7, 11) is 0. The lowest BCUT2D eigenvalue weighted by Gasteiger charge is -2.14. The zero-order valence-corrected chi connectivity index (χ0v) is 10.6. The Kier molecular flexibility index (Phi) is 3.36. The van der Waals surface area contributed by atoms with Gasteiger partial charge < -0.3 is 5.11 Å². The maximum Gasteiger partial charge on any atom is 0.232 e. The second kappa shape index (κ2) is 4.80. The number of rotatable bonds is 3. The van der Waals surface area contributed by atoms with Crippen LogP contribution in [0.4, 0.5) is 0 Å². The van der Waals surface area contributed by atoms with Crippen molar-refractivity contribution in [1.29, 1.82) is 0 Å². The van der Waals surface area contributed by atoms with Crippen molar-refractivity contribution in [2.24, 2.45) is 11.8 Å². The molecule has 1 aliphatic rings. The summed E-state index contributed by atoms with van der Waals surface area (Å²) in [5.41, 5.74) is 1.00. The second-order valence-corrected chi connectivity index (χ2v) is 4.82. The Morgan fingerprint density at radius 3 is 2.06 bits per heavy atom. The maximum atomic E-state index is 11.9. The molecule has 1 heterocycles. The largest absolute Gasteiger partial charge is 0.508 e. The Balaban J connectivity index is 2.00. The van der Waals surface area contributed by atoms with Crippen LogP contribution in [0.2, 0.25) is 0 Å². The van der Waals surface area contributed by atoms with Gasteiger partial charge in [0.15, 0.2) is 0 Å². The van der Waals surface area contributed by atoms with Crippen LogP contribution in [0.1, 0.15) is 19.4 Å². The molecule has 0 aromatic heterocycles. The Bertz CT molecular complexity index is 446. The van der Waals surface area contributed by atoms with E-state index < -0.39 is 0 Å². The smallest absolute Gasteiger partial charge is 0.232 e. The minimum absolute atomic E-state index is 0.0775. The average Bonchev–Trinajstić information content (AvgIpc) is 2.54. The molecule has 4 heteroatoms. The number of phenols is 1. The first-order chi connectivity index (χ1) is 8.50. The fourth-order valence-electron chi connectivity index (χ4n) is 2.15. The van der Waals surface area contributed by atoms with Crippen LogP contribution >= 0.6 is 0 Å². The van der Waals surface area contributed by atoms with Gasteiger partial charge in [-0.1, -0.05) is 26.0 Å². The Morgan fingerprint density at radius 2 is 1.56 bits per heavy atom. The van der Waals surface area contributed by atoms with Crippen molar-refractivity contribution < 1.29 is 14.7 Å². The fourth-order valence-corrected chi connectivity index (χ4v) is 2.15. The Hall–Kier alpha value is -1.84. The van der Waals surface area contributed by atoms with Gasteiger partial charge in [0.2, 0.25) is 11.8 Å². The fraction of sp³-hybridized carbons (Fsp3) is 0.429. The Labute approximate surface area is 106 Å². The topological polar surface area (TPSA) is 57.6 Å². The first-order valence-corrected chi connectivity index (χ1v) is 6.14. The Morgan fingerprint density at radius 1 is 1.06 bits per heavy atom. The molecule has 2 atom stereocenters. The van der Waals surface area contributed by atoms with Gasteiger partial charge in [-0.2, -0.15) is 0 Å². The molecule has 2 amide bonds. The van der Waals surface area contributed by atoms with E-state index in [0.717, 1.165) is 5.56 Å². The number of benzene rings is 1. The zero-order chi connectivity index (χ0) is 13.3. The molecule has 1 aromatic rings. The maximum absolute atomic E-state index is 11.9. The van der Waals surface area contributed by atoms with E-state index in [1.807, 2.05) is 0 Å². The molecule has 1 saturated heterocycles. The van der Waals surface area contributed by atoms with E-state index in [2.05, 4.69) is 0 Å². The number of hydrogen-bond donors (Lipinski definition) is 1. The molecule has 1 aliphatic heterocycles. The number of likely N-dealkylation sites (tertiary alicyclic amines) is 1. The van der Waals surface area contributed by atoms with Gasteiger partial charge in [-0.3, -0.25) is 14.5 Å². The van der Waals surface area contributed by atoms with Gasteiger partial charge in [-0.25, -0.2) is 0 Å². The highest BCUT2D eigenvalue weighted by atomic mass is 16.3. The van der Waals surface area contributed by atoms with Crippen LogP contribution in [-0.2, 0) is 16.0 Å². The summed E-state index contributed by atoms with van der Waals surface area (Å²) < 4.78 is 0. The molecular weight excluding hydrogens is 230 g/mol. The van der Waals surface area contributed by atoms with E-state index in [-0.39, 0.29) is 29.4 Å². The number of hydrogen-bond acceptors (Lipinski definition) is 3. The van der Waals surface area contributed by atoms with Crippen molar-refractivity contribution in [2.45, 2.75) is 20.3 Å². The third-order valence-electron chi connectivity index (χ3n) is 3.62. The van der Waals surface area contributed by atoms with Crippen LogP contribution in [0, 0.1) is 11.8 Å². The highest BCUT2D eigenvalue weighted by Crippen LogP contribution is 2.25. The predicted molar refractivity (Wildman–Crippen MR) is 66.9 cm³/mol. The summed E-state index contributed by atoms with van der Waals surface area (Å²) in [4.78, 5) is 25.1. The summed E-state index contributed by atoms with van der Waals surface area (Å²) in [6.45, 7) is 4.01. The van der Waals surface area contributed by atoms with Gasteiger partial charge in [0, 0.05) is 18.4 Å². The van der Waals surface area contributed by atoms with Gasteiger partial charge >= 0.3 is 0 Å². The third-order valence-corrected chi connectivity index (χ3v) is 3.62. The summed E-state index contributed by atoms with van der Waals surface area (Å²) in [6.07, 6.45) is 0.622. The van der Waals surface area contributed by atoms with Crippen molar-refractivity contribution >= 4 is 11.8 Å². The van der Waals surface area contributed by atoms with Crippen molar-refractivity contribution in [3.8, 4) is 5.75 Å². The van der Waals surface area contributed by atoms with Crippen LogP contribution in [-0.4, -0.2) is 28.4 Å². The molecule has 0 bridgehead atoms. The minimum atomic E-state index is -0.211. The lowest BCUT2D eigenvalue weighted by molar-refractivity contribution is -0.139. The molecular formula is C14H17NO3. The number of nitrogens with zero attached hydrogens (tertiary/aromatic N) is 1. The van der Waals surface area contributed by atoms with Crippen LogP contribution in [0.25, 0.3) is 0 Å². The van der Waals surface area contributed by atoms with Gasteiger partial charge in [0.25, 0.3) is 0 Å². The monoisotopic (exact) mass is 247 g/mol. The molecule has 18 heavy (non-hydrogen) atoms. The van der Waals surface area contributed by atoms with Crippen molar-refractivity contribution in [3.63, 3.8) is 0 Å². The quantitative estimate of drug-likeness (QED) is 0.825. The van der Waals surface area contributed by atoms with E-state index in [9.17, 15) is 14.7 Å². The number of aromatic hydroxyl groups is 1. The normalized spacial score (nSPS) is 23.8. The molecule has 96 valence electrons. The zero-order valence-electron chi connectivity index (χ0n) is 10.6. The SMILES string of the molecule is CC1C(=O)N(CCc2ccc(O)cc2)C(=O)C1C. The van der Waals surface area contributed by atoms with E-state index in [0.29, 0.717) is 13.0 Å². The minimum Gasteiger partial charge on any atom is -0.508 e. The van der Waals surface area contributed by atoms with Gasteiger partial charge in [-0.15, -0.1) is 0 Å². The van der Waals surface area contributed by atoms with Gasteiger partial charge in [-0.05, 0) is 24.1 Å². The molecule has 1 N–H and O–H groups in total. The summed E-state index contributed by atoms with van der Waals surface area (Å²) in [5.74, 6) is -0.360. The average molecular weight is 247 g/mol. The number of phenolic OH excluding ortho intramolecular Hbond substituents is 1. The van der Waals surface area contributed by atoms with E-state index in [1.165, 1.54) is 4.90 Å². The molecule has 0 radical (unpaired) electrons. The first kappa shape index (κ1) is 12.6. The number of carbonyl (C=O) groups is 2. The van der Waals surface area contributed by atoms with Crippen molar-refractivity contribution in [1.82, 2.24) is 4.90 Å². The van der Waals surface area contributed by atoms with E-state index in [4.69, 9.17) is 0 Å².